The summed E-state index contributed by atoms with van der Waals surface area (Å²) in [5.74, 6) is -0.105. The molecule has 2 heterocycles. The smallest absolute Gasteiger partial charge is 0.238 e. The quantitative estimate of drug-likeness (QED) is 0.804. The third-order valence-corrected chi connectivity index (χ3v) is 4.66. The number of benzene rings is 1. The van der Waals surface area contributed by atoms with Crippen LogP contribution in [0, 0.1) is 5.41 Å². The second-order valence-electron chi connectivity index (χ2n) is 6.44. The van der Waals surface area contributed by atoms with E-state index < -0.39 is 0 Å². The molecule has 25 heavy (non-hydrogen) atoms. The lowest BCUT2D eigenvalue weighted by Gasteiger charge is -2.22. The molecule has 0 aliphatic carbocycles. The number of rotatable bonds is 5. The zero-order chi connectivity index (χ0) is 17.2. The number of nitrogens with one attached hydrogen (secondary N) is 1. The molecule has 3 rings (SSSR count). The topological polar surface area (TPSA) is 102 Å². The van der Waals surface area contributed by atoms with E-state index in [-0.39, 0.29) is 23.7 Å². The van der Waals surface area contributed by atoms with E-state index in [1.165, 1.54) is 11.0 Å². The first-order valence-electron chi connectivity index (χ1n) is 7.74. The molecule has 1 aromatic heterocycles. The number of amides is 1. The molecule has 8 nitrogen and oxygen atoms in total. The maximum absolute atomic E-state index is 12.3. The molecule has 3 N–H and O–H groups in total. The van der Waals surface area contributed by atoms with Gasteiger partial charge in [0, 0.05) is 6.54 Å². The van der Waals surface area contributed by atoms with Gasteiger partial charge in [-0.1, -0.05) is 18.5 Å². The van der Waals surface area contributed by atoms with Gasteiger partial charge in [-0.25, -0.2) is 4.68 Å². The van der Waals surface area contributed by atoms with Crippen LogP contribution in [0.1, 0.15) is 13.3 Å². The highest BCUT2D eigenvalue weighted by atomic mass is 35.5. The summed E-state index contributed by atoms with van der Waals surface area (Å²) in [5, 5.41) is 14.3. The predicted molar refractivity (Wildman–Crippen MR) is 98.3 cm³/mol. The molecule has 2 aromatic rings. The molecule has 0 bridgehead atoms. The first kappa shape index (κ1) is 19.6. The van der Waals surface area contributed by atoms with E-state index in [1.807, 2.05) is 0 Å². The second-order valence-corrected chi connectivity index (χ2v) is 6.85. The number of hydrogen-bond acceptors (Lipinski definition) is 6. The van der Waals surface area contributed by atoms with Crippen LogP contribution in [0.4, 0.5) is 5.69 Å². The molecule has 1 unspecified atom stereocenters. The Morgan fingerprint density at radius 2 is 2.28 bits per heavy atom. The van der Waals surface area contributed by atoms with Gasteiger partial charge in [0.25, 0.3) is 0 Å². The Morgan fingerprint density at radius 1 is 1.48 bits per heavy atom. The normalized spacial score (nSPS) is 20.3. The van der Waals surface area contributed by atoms with E-state index in [0.717, 1.165) is 25.2 Å². The summed E-state index contributed by atoms with van der Waals surface area (Å²) in [4.78, 5) is 14.4. The largest absolute Gasteiger partial charge is 0.330 e. The zero-order valence-electron chi connectivity index (χ0n) is 13.9. The Bertz CT molecular complexity index is 725. The van der Waals surface area contributed by atoms with Crippen LogP contribution in [0.25, 0.3) is 5.69 Å². The number of carbonyl (C=O) groups is 1. The highest BCUT2D eigenvalue weighted by molar-refractivity contribution is 6.33. The van der Waals surface area contributed by atoms with Gasteiger partial charge >= 0.3 is 0 Å². The molecule has 0 spiro atoms. The van der Waals surface area contributed by atoms with E-state index in [4.69, 9.17) is 17.3 Å². The number of likely N-dealkylation sites (tertiary alicyclic amines) is 1. The van der Waals surface area contributed by atoms with Gasteiger partial charge in [0.1, 0.15) is 6.33 Å². The monoisotopic (exact) mass is 385 g/mol. The second kappa shape index (κ2) is 8.09. The highest BCUT2D eigenvalue weighted by Crippen LogP contribution is 2.28. The fraction of sp³-hybridized carbons (Fsp3) is 0.467. The van der Waals surface area contributed by atoms with E-state index >= 15 is 0 Å². The van der Waals surface area contributed by atoms with Crippen molar-refractivity contribution in [2.45, 2.75) is 13.3 Å². The maximum atomic E-state index is 12.3. The van der Waals surface area contributed by atoms with Gasteiger partial charge < -0.3 is 11.1 Å². The van der Waals surface area contributed by atoms with Gasteiger partial charge in [0.15, 0.2) is 0 Å². The third-order valence-electron chi connectivity index (χ3n) is 4.33. The van der Waals surface area contributed by atoms with Gasteiger partial charge in [0.05, 0.1) is 22.9 Å². The molecule has 10 heteroatoms. The maximum Gasteiger partial charge on any atom is 0.238 e. The van der Waals surface area contributed by atoms with E-state index in [0.29, 0.717) is 23.8 Å². The molecule has 1 fully saturated rings. The number of aromatic nitrogens is 4. The van der Waals surface area contributed by atoms with Gasteiger partial charge in [0.2, 0.25) is 5.91 Å². The molecule has 1 saturated heterocycles. The molecule has 0 saturated carbocycles. The minimum atomic E-state index is -0.105. The number of hydrogen-bond donors (Lipinski definition) is 2. The molecule has 1 aliphatic heterocycles. The van der Waals surface area contributed by atoms with Crippen molar-refractivity contribution in [2.75, 3.05) is 31.5 Å². The first-order valence-corrected chi connectivity index (χ1v) is 8.12. The standard InChI is InChI=1S/C15H20ClN7O.ClH/c1-15(8-17)4-5-22(9-15)7-14(24)19-13-6-11(2-3-12(13)16)23-10-18-20-21-23;/h2-3,6,10H,4-5,7-9,17H2,1H3,(H,19,24);1H. The molecular formula is C15H21Cl2N7O. The minimum absolute atomic E-state index is 0. The summed E-state index contributed by atoms with van der Waals surface area (Å²) in [6.07, 6.45) is 2.49. The van der Waals surface area contributed by atoms with Crippen LogP contribution in [0.3, 0.4) is 0 Å². The third kappa shape index (κ3) is 4.66. The Balaban J connectivity index is 0.00000225. The van der Waals surface area contributed by atoms with Crippen LogP contribution < -0.4 is 11.1 Å². The molecular weight excluding hydrogens is 365 g/mol. The molecule has 1 aliphatic rings. The Kier molecular flexibility index (Phi) is 6.34. The molecule has 136 valence electrons. The summed E-state index contributed by atoms with van der Waals surface area (Å²) in [7, 11) is 0. The first-order chi connectivity index (χ1) is 11.5. The number of nitrogens with zero attached hydrogens (tertiary/aromatic N) is 5. The number of nitrogens with two attached hydrogens (primary N) is 1. The average molecular weight is 386 g/mol. The van der Waals surface area contributed by atoms with Crippen molar-refractivity contribution < 1.29 is 4.79 Å². The van der Waals surface area contributed by atoms with Crippen molar-refractivity contribution in [3.05, 3.63) is 29.5 Å². The number of anilines is 1. The lowest BCUT2D eigenvalue weighted by Crippen LogP contribution is -2.35. The summed E-state index contributed by atoms with van der Waals surface area (Å²) in [5.41, 5.74) is 7.16. The van der Waals surface area contributed by atoms with Crippen molar-refractivity contribution in [1.29, 1.82) is 0 Å². The van der Waals surface area contributed by atoms with Crippen LogP contribution in [-0.2, 0) is 4.79 Å². The van der Waals surface area contributed by atoms with Crippen molar-refractivity contribution >= 4 is 35.6 Å². The molecule has 1 atom stereocenters. The lowest BCUT2D eigenvalue weighted by atomic mass is 9.90. The van der Waals surface area contributed by atoms with Crippen LogP contribution in [-0.4, -0.2) is 57.2 Å². The fourth-order valence-electron chi connectivity index (χ4n) is 2.85. The van der Waals surface area contributed by atoms with Crippen LogP contribution >= 0.6 is 24.0 Å². The summed E-state index contributed by atoms with van der Waals surface area (Å²) >= 11 is 6.18. The van der Waals surface area contributed by atoms with Gasteiger partial charge in [-0.05, 0) is 53.6 Å². The Hall–Kier alpha value is -1.74. The van der Waals surface area contributed by atoms with Crippen LogP contribution in [0.2, 0.25) is 5.02 Å². The number of halogens is 2. The van der Waals surface area contributed by atoms with Crippen molar-refractivity contribution in [3.8, 4) is 5.69 Å². The fourth-order valence-corrected chi connectivity index (χ4v) is 3.02. The average Bonchev–Trinajstić information content (AvgIpc) is 3.20. The highest BCUT2D eigenvalue weighted by Gasteiger charge is 2.33. The molecule has 1 aromatic carbocycles. The van der Waals surface area contributed by atoms with E-state index in [9.17, 15) is 4.79 Å². The van der Waals surface area contributed by atoms with Crippen LogP contribution in [0.5, 0.6) is 0 Å². The van der Waals surface area contributed by atoms with Crippen molar-refractivity contribution in [1.82, 2.24) is 25.1 Å². The number of tetrazole rings is 1. The van der Waals surface area contributed by atoms with E-state index in [2.05, 4.69) is 32.7 Å². The van der Waals surface area contributed by atoms with Crippen LogP contribution in [0.15, 0.2) is 24.5 Å². The Labute approximate surface area is 157 Å². The Morgan fingerprint density at radius 3 is 2.92 bits per heavy atom. The van der Waals surface area contributed by atoms with E-state index in [1.54, 1.807) is 18.2 Å². The zero-order valence-corrected chi connectivity index (χ0v) is 15.4. The minimum Gasteiger partial charge on any atom is -0.330 e. The summed E-state index contributed by atoms with van der Waals surface area (Å²) < 4.78 is 1.50. The molecule has 1 amide bonds. The summed E-state index contributed by atoms with van der Waals surface area (Å²) in [6, 6.07) is 5.22. The number of carbonyl (C=O) groups excluding carboxylic acids is 1. The predicted octanol–water partition coefficient (Wildman–Crippen LogP) is 1.35. The molecule has 0 radical (unpaired) electrons. The van der Waals surface area contributed by atoms with Gasteiger partial charge in [-0.3, -0.25) is 9.69 Å². The van der Waals surface area contributed by atoms with Crippen molar-refractivity contribution in [3.63, 3.8) is 0 Å². The van der Waals surface area contributed by atoms with Crippen molar-refractivity contribution in [2.24, 2.45) is 11.1 Å². The summed E-state index contributed by atoms with van der Waals surface area (Å²) in [6.45, 7) is 4.80. The van der Waals surface area contributed by atoms with Gasteiger partial charge in [-0.15, -0.1) is 17.5 Å². The van der Waals surface area contributed by atoms with Gasteiger partial charge in [-0.2, -0.15) is 0 Å². The SMILES string of the molecule is CC1(CN)CCN(CC(=O)Nc2cc(-n3cnnn3)ccc2Cl)C1.Cl. The lowest BCUT2D eigenvalue weighted by molar-refractivity contribution is -0.117.